The summed E-state index contributed by atoms with van der Waals surface area (Å²) in [6.45, 7) is 16.2. The van der Waals surface area contributed by atoms with E-state index < -0.39 is 8.07 Å². The molecule has 0 saturated heterocycles. The van der Waals surface area contributed by atoms with Crippen LogP contribution in [0.2, 0.25) is 11.1 Å². The number of aryl methyl sites for hydroxylation is 2. The van der Waals surface area contributed by atoms with Crippen molar-refractivity contribution < 1.29 is 21.7 Å². The molecule has 0 radical (unpaired) electrons. The Bertz CT molecular complexity index is 905. The molecule has 2 heteroatoms. The van der Waals surface area contributed by atoms with E-state index in [-0.39, 0.29) is 49.0 Å². The number of rotatable bonds is 6. The molecule has 0 amide bonds. The molecule has 0 N–H and O–H groups in total. The SMILES string of the molecule is CCCC[Si](c1ccccc1)(c1cc(C)cc(C)c1)C1(C)[C-]=C(C)C(C)=C1C.[CH3-].[CH3-].[CH3-].[Ti+4]. The van der Waals surface area contributed by atoms with E-state index in [2.05, 4.69) is 103 Å². The standard InChI is InChI=1S/C27H35Si.3CH3.Ti/c1-8-9-15-28(25-13-11-10-12-14-25,26-17-20(2)16-21(3)18-26)27(7)19-22(4)23(5)24(27)6;;;;/h10-14,16-18H,8-9,15H2,1-7H3;3*1H3;/q4*-1;+4. The van der Waals surface area contributed by atoms with Crippen molar-refractivity contribution in [2.24, 2.45) is 0 Å². The monoisotopic (exact) mass is 480 g/mol. The first-order valence-electron chi connectivity index (χ1n) is 10.7. The molecule has 0 aromatic heterocycles. The fraction of sp³-hybridized carbons (Fsp3) is 0.367. The van der Waals surface area contributed by atoms with Gasteiger partial charge in [-0.05, 0) is 19.9 Å². The summed E-state index contributed by atoms with van der Waals surface area (Å²) >= 11 is 0. The van der Waals surface area contributed by atoms with Crippen LogP contribution in [-0.2, 0) is 21.7 Å². The van der Waals surface area contributed by atoms with Gasteiger partial charge in [-0.25, -0.2) is 5.57 Å². The largest absolute Gasteiger partial charge is 4.00 e. The summed E-state index contributed by atoms with van der Waals surface area (Å²) in [5.41, 5.74) is 7.06. The van der Waals surface area contributed by atoms with Crippen molar-refractivity contribution in [3.8, 4) is 0 Å². The second-order valence-electron chi connectivity index (χ2n) is 8.88. The number of hydrogen-bond acceptors (Lipinski definition) is 0. The van der Waals surface area contributed by atoms with Crippen molar-refractivity contribution in [2.45, 2.75) is 72.4 Å². The molecule has 32 heavy (non-hydrogen) atoms. The molecule has 172 valence electrons. The van der Waals surface area contributed by atoms with Gasteiger partial charge in [0.15, 0.2) is 0 Å². The molecule has 0 heterocycles. The predicted molar refractivity (Wildman–Crippen MR) is 146 cm³/mol. The smallest absolute Gasteiger partial charge is 0.358 e. The van der Waals surface area contributed by atoms with Crippen molar-refractivity contribution >= 4 is 18.4 Å². The van der Waals surface area contributed by atoms with Crippen LogP contribution >= 0.6 is 0 Å². The first-order chi connectivity index (χ1) is 13.3. The Morgan fingerprint density at radius 3 is 1.78 bits per heavy atom. The average molecular weight is 481 g/mol. The Hall–Kier alpha value is -1.15. The van der Waals surface area contributed by atoms with E-state index in [0.717, 1.165) is 0 Å². The number of allylic oxidation sites excluding steroid dienone is 4. The molecular weight excluding hydrogens is 436 g/mol. The van der Waals surface area contributed by atoms with Crippen LogP contribution in [0.5, 0.6) is 0 Å². The minimum atomic E-state index is -2.16. The van der Waals surface area contributed by atoms with Gasteiger partial charge in [0.25, 0.3) is 0 Å². The van der Waals surface area contributed by atoms with Crippen LogP contribution in [0.3, 0.4) is 0 Å². The summed E-state index contributed by atoms with van der Waals surface area (Å²) in [7, 11) is -2.16. The topological polar surface area (TPSA) is 0 Å². The van der Waals surface area contributed by atoms with Crippen molar-refractivity contribution in [1.82, 2.24) is 0 Å². The Labute approximate surface area is 216 Å². The van der Waals surface area contributed by atoms with Crippen LogP contribution < -0.4 is 10.4 Å². The van der Waals surface area contributed by atoms with Gasteiger partial charge >= 0.3 is 21.7 Å². The Morgan fingerprint density at radius 1 is 0.812 bits per heavy atom. The van der Waals surface area contributed by atoms with Gasteiger partial charge in [-0.1, -0.05) is 116 Å². The maximum Gasteiger partial charge on any atom is 4.00 e. The fourth-order valence-electron chi connectivity index (χ4n) is 5.31. The van der Waals surface area contributed by atoms with E-state index in [1.54, 1.807) is 10.4 Å². The first-order valence-corrected chi connectivity index (χ1v) is 12.9. The molecule has 0 bridgehead atoms. The van der Waals surface area contributed by atoms with Crippen LogP contribution in [0.4, 0.5) is 0 Å². The van der Waals surface area contributed by atoms with E-state index in [1.807, 2.05) is 0 Å². The zero-order valence-electron chi connectivity index (χ0n) is 22.2. The third kappa shape index (κ3) is 5.49. The Kier molecular flexibility index (Phi) is 13.3. The molecule has 0 fully saturated rings. The molecule has 1 aliphatic rings. The van der Waals surface area contributed by atoms with Crippen molar-refractivity contribution in [2.75, 3.05) is 0 Å². The normalized spacial score (nSPS) is 18.9. The average Bonchev–Trinajstić information content (AvgIpc) is 2.86. The maximum absolute atomic E-state index is 4.02. The molecule has 0 spiro atoms. The van der Waals surface area contributed by atoms with Gasteiger partial charge in [-0.3, -0.25) is 6.08 Å². The van der Waals surface area contributed by atoms with Gasteiger partial charge in [0.1, 0.15) is 8.07 Å². The summed E-state index contributed by atoms with van der Waals surface area (Å²) in [6, 6.07) is 19.9. The molecule has 0 nitrogen and oxygen atoms in total. The molecule has 2 atom stereocenters. The minimum absolute atomic E-state index is 0. The summed E-state index contributed by atoms with van der Waals surface area (Å²) < 4.78 is 0. The van der Waals surface area contributed by atoms with Gasteiger partial charge in [0.05, 0.1) is 0 Å². The third-order valence-corrected chi connectivity index (χ3v) is 13.0. The Balaban J connectivity index is 0. The maximum atomic E-state index is 4.02. The molecule has 0 saturated carbocycles. The molecule has 3 rings (SSSR count). The second kappa shape index (κ2) is 12.9. The van der Waals surface area contributed by atoms with Crippen LogP contribution in [0, 0.1) is 42.2 Å². The first kappa shape index (κ1) is 33.0. The number of unbranched alkanes of at least 4 members (excludes halogenated alkanes) is 1. The van der Waals surface area contributed by atoms with Crippen molar-refractivity contribution in [1.29, 1.82) is 0 Å². The summed E-state index contributed by atoms with van der Waals surface area (Å²) in [5, 5.41) is 3.10. The summed E-state index contributed by atoms with van der Waals surface area (Å²) in [6.07, 6.45) is 6.51. The van der Waals surface area contributed by atoms with Gasteiger partial charge in [-0.15, -0.1) is 6.92 Å². The van der Waals surface area contributed by atoms with Crippen LogP contribution in [0.1, 0.15) is 58.6 Å². The Morgan fingerprint density at radius 2 is 1.34 bits per heavy atom. The number of benzene rings is 2. The molecule has 2 aromatic rings. The second-order valence-corrected chi connectivity index (χ2v) is 13.3. The van der Waals surface area contributed by atoms with Crippen LogP contribution in [0.15, 0.2) is 65.3 Å². The van der Waals surface area contributed by atoms with Crippen molar-refractivity contribution in [3.63, 3.8) is 0 Å². The van der Waals surface area contributed by atoms with E-state index in [0.29, 0.717) is 0 Å². The van der Waals surface area contributed by atoms with Crippen LogP contribution in [0.25, 0.3) is 0 Å². The zero-order valence-corrected chi connectivity index (χ0v) is 24.8. The van der Waals surface area contributed by atoms with E-state index in [4.69, 9.17) is 0 Å². The predicted octanol–water partition coefficient (Wildman–Crippen LogP) is 7.87. The van der Waals surface area contributed by atoms with Gasteiger partial charge in [-0.2, -0.15) is 11.1 Å². The van der Waals surface area contributed by atoms with E-state index >= 15 is 0 Å². The molecular formula is C30H44SiTi. The quantitative estimate of drug-likeness (QED) is 0.291. The fourth-order valence-corrected chi connectivity index (χ4v) is 11.7. The molecule has 0 aliphatic heterocycles. The van der Waals surface area contributed by atoms with Gasteiger partial charge < -0.3 is 22.3 Å². The minimum Gasteiger partial charge on any atom is -0.358 e. The van der Waals surface area contributed by atoms with Crippen LogP contribution in [-0.4, -0.2) is 8.07 Å². The summed E-state index contributed by atoms with van der Waals surface area (Å²) in [4.78, 5) is 0. The molecule has 1 aliphatic carbocycles. The van der Waals surface area contributed by atoms with E-state index in [9.17, 15) is 0 Å². The molecule has 2 aromatic carbocycles. The van der Waals surface area contributed by atoms with Gasteiger partial charge in [0, 0.05) is 0 Å². The third-order valence-electron chi connectivity index (χ3n) is 7.05. The number of hydrogen-bond donors (Lipinski definition) is 0. The van der Waals surface area contributed by atoms with E-state index in [1.165, 1.54) is 46.7 Å². The van der Waals surface area contributed by atoms with Gasteiger partial charge in [0.2, 0.25) is 0 Å². The van der Waals surface area contributed by atoms with Crippen molar-refractivity contribution in [3.05, 3.63) is 105 Å². The summed E-state index contributed by atoms with van der Waals surface area (Å²) in [5.74, 6) is 0. The molecule has 2 unspecified atom stereocenters. The zero-order chi connectivity index (χ0) is 20.5.